The first-order valence-electron chi connectivity index (χ1n) is 9.31. The molecule has 1 aromatic rings. The Morgan fingerprint density at radius 3 is 2.30 bits per heavy atom. The number of ether oxygens (including phenoxy) is 1. The van der Waals surface area contributed by atoms with Crippen LogP contribution in [0.1, 0.15) is 32.8 Å². The van der Waals surface area contributed by atoms with Gasteiger partial charge in [-0.3, -0.25) is 4.79 Å². The predicted molar refractivity (Wildman–Crippen MR) is 115 cm³/mol. The molecule has 1 saturated heterocycles. The predicted octanol–water partition coefficient (Wildman–Crippen LogP) is 3.02. The molecule has 7 heteroatoms. The number of anilines is 1. The lowest BCUT2D eigenvalue weighted by molar-refractivity contribution is -0.179. The average Bonchev–Trinajstić information content (AvgIpc) is 2.61. The molecule has 154 valence electrons. The first kappa shape index (κ1) is 24.0. The molecule has 1 aliphatic carbocycles. The lowest BCUT2D eigenvalue weighted by atomic mass is 9.54. The average molecular weight is 418 g/mol. The van der Waals surface area contributed by atoms with Crippen molar-refractivity contribution in [1.82, 2.24) is 4.90 Å². The number of hydrogen-bond acceptors (Lipinski definition) is 4. The highest BCUT2D eigenvalue weighted by atomic mass is 35.5. The van der Waals surface area contributed by atoms with E-state index in [2.05, 4.69) is 49.9 Å². The molecule has 5 nitrogen and oxygen atoms in total. The molecule has 2 aliphatic rings. The number of carbonyl (C=O) groups is 1. The minimum atomic E-state index is -0.808. The summed E-state index contributed by atoms with van der Waals surface area (Å²) in [6.07, 6.45) is 0.685. The summed E-state index contributed by atoms with van der Waals surface area (Å²) in [5, 5.41) is 0. The van der Waals surface area contributed by atoms with Crippen LogP contribution < -0.4 is 10.6 Å². The largest absolute Gasteiger partial charge is 0.378 e. The maximum atomic E-state index is 13.1. The molecule has 2 atom stereocenters. The molecule has 1 heterocycles. The number of carbonyl (C=O) groups excluding carboxylic acids is 1. The van der Waals surface area contributed by atoms with E-state index in [0.29, 0.717) is 13.0 Å². The van der Waals surface area contributed by atoms with E-state index in [1.165, 1.54) is 11.3 Å². The van der Waals surface area contributed by atoms with Crippen LogP contribution in [0.4, 0.5) is 5.69 Å². The van der Waals surface area contributed by atoms with Crippen LogP contribution in [0.5, 0.6) is 0 Å². The molecule has 1 amide bonds. The van der Waals surface area contributed by atoms with Crippen LogP contribution in [0.15, 0.2) is 24.3 Å². The number of amides is 1. The minimum absolute atomic E-state index is 0. The summed E-state index contributed by atoms with van der Waals surface area (Å²) in [6.45, 7) is 12.0. The van der Waals surface area contributed by atoms with Gasteiger partial charge in [-0.15, -0.1) is 24.8 Å². The second-order valence-corrected chi connectivity index (χ2v) is 7.91. The Morgan fingerprint density at radius 1 is 1.19 bits per heavy atom. The molecule has 0 radical (unpaired) electrons. The number of benzene rings is 1. The maximum Gasteiger partial charge on any atom is 0.243 e. The first-order chi connectivity index (χ1) is 11.8. The van der Waals surface area contributed by atoms with E-state index in [-0.39, 0.29) is 42.2 Å². The van der Waals surface area contributed by atoms with E-state index in [4.69, 9.17) is 10.5 Å². The van der Waals surface area contributed by atoms with Crippen molar-refractivity contribution in [2.45, 2.75) is 45.8 Å². The Morgan fingerprint density at radius 2 is 1.78 bits per heavy atom. The van der Waals surface area contributed by atoms with Crippen molar-refractivity contribution >= 4 is 36.4 Å². The zero-order valence-electron chi connectivity index (χ0n) is 16.7. The van der Waals surface area contributed by atoms with Gasteiger partial charge >= 0.3 is 0 Å². The molecule has 2 unspecified atom stereocenters. The zero-order valence-corrected chi connectivity index (χ0v) is 18.4. The van der Waals surface area contributed by atoms with Crippen molar-refractivity contribution in [2.24, 2.45) is 11.1 Å². The van der Waals surface area contributed by atoms with Gasteiger partial charge in [0.15, 0.2) is 0 Å². The summed E-state index contributed by atoms with van der Waals surface area (Å²) in [6, 6.07) is 8.41. The van der Waals surface area contributed by atoms with Gasteiger partial charge < -0.3 is 20.3 Å². The summed E-state index contributed by atoms with van der Waals surface area (Å²) < 4.78 is 5.76. The highest BCUT2D eigenvalue weighted by molar-refractivity contribution is 5.89. The molecular formula is C20H33Cl2N3O2. The van der Waals surface area contributed by atoms with Crippen LogP contribution in [0.25, 0.3) is 0 Å². The number of nitrogens with two attached hydrogens (primary N) is 1. The van der Waals surface area contributed by atoms with Crippen molar-refractivity contribution in [2.75, 3.05) is 37.7 Å². The highest BCUT2D eigenvalue weighted by Crippen LogP contribution is 2.50. The number of nitrogens with zero attached hydrogens (tertiary/aromatic N) is 2. The summed E-state index contributed by atoms with van der Waals surface area (Å²) in [5.74, 6) is 0.0814. The third-order valence-corrected chi connectivity index (χ3v) is 6.23. The van der Waals surface area contributed by atoms with E-state index >= 15 is 0 Å². The standard InChI is InChI=1S/C20H31N3O2.2ClH/c1-5-25-17-14-20(21,19(17,3)4)18(24)23-12-10-22(11-13-23)16-9-7-6-8-15(16)2;;/h6-9,17H,5,10-14,21H2,1-4H3;2*1H. The number of hydrogen-bond donors (Lipinski definition) is 1. The van der Waals surface area contributed by atoms with Gasteiger partial charge in [-0.25, -0.2) is 0 Å². The van der Waals surface area contributed by atoms with Crippen LogP contribution in [0.3, 0.4) is 0 Å². The normalized spacial score (nSPS) is 26.5. The molecular weight excluding hydrogens is 385 g/mol. The van der Waals surface area contributed by atoms with E-state index in [1.54, 1.807) is 0 Å². The number of piperazine rings is 1. The number of aryl methyl sites for hydroxylation is 1. The molecule has 1 saturated carbocycles. The lowest BCUT2D eigenvalue weighted by Crippen LogP contribution is -2.76. The maximum absolute atomic E-state index is 13.1. The van der Waals surface area contributed by atoms with Gasteiger partial charge in [-0.1, -0.05) is 32.0 Å². The SMILES string of the molecule is CCOC1CC(N)(C(=O)N2CCN(c3ccccc3C)CC2)C1(C)C.Cl.Cl. The topological polar surface area (TPSA) is 58.8 Å². The first-order valence-corrected chi connectivity index (χ1v) is 9.31. The van der Waals surface area contributed by atoms with Gasteiger partial charge in [0.25, 0.3) is 0 Å². The smallest absolute Gasteiger partial charge is 0.243 e. The summed E-state index contributed by atoms with van der Waals surface area (Å²) in [5.41, 5.74) is 7.96. The Labute approximate surface area is 175 Å². The monoisotopic (exact) mass is 417 g/mol. The molecule has 27 heavy (non-hydrogen) atoms. The van der Waals surface area contributed by atoms with Crippen molar-refractivity contribution in [3.8, 4) is 0 Å². The van der Waals surface area contributed by atoms with Gasteiger partial charge in [-0.2, -0.15) is 0 Å². The van der Waals surface area contributed by atoms with Gasteiger partial charge in [0, 0.05) is 50.3 Å². The van der Waals surface area contributed by atoms with Crippen molar-refractivity contribution in [1.29, 1.82) is 0 Å². The third kappa shape index (κ3) is 4.07. The van der Waals surface area contributed by atoms with Gasteiger partial charge in [0.2, 0.25) is 5.91 Å². The summed E-state index contributed by atoms with van der Waals surface area (Å²) >= 11 is 0. The second-order valence-electron chi connectivity index (χ2n) is 7.91. The molecule has 0 bridgehead atoms. The number of rotatable bonds is 4. The Kier molecular flexibility index (Phi) is 8.00. The van der Waals surface area contributed by atoms with Crippen molar-refractivity contribution in [3.05, 3.63) is 29.8 Å². The molecule has 0 aromatic heterocycles. The quantitative estimate of drug-likeness (QED) is 0.817. The summed E-state index contributed by atoms with van der Waals surface area (Å²) in [4.78, 5) is 17.4. The van der Waals surface area contributed by atoms with Crippen LogP contribution >= 0.6 is 24.8 Å². The third-order valence-electron chi connectivity index (χ3n) is 6.23. The Bertz CT molecular complexity index is 648. The van der Waals surface area contributed by atoms with Crippen molar-refractivity contribution < 1.29 is 9.53 Å². The van der Waals surface area contributed by atoms with Gasteiger partial charge in [-0.05, 0) is 25.5 Å². The van der Waals surface area contributed by atoms with Crippen LogP contribution in [0.2, 0.25) is 0 Å². The molecule has 1 aromatic carbocycles. The number of para-hydroxylation sites is 1. The zero-order chi connectivity index (χ0) is 18.2. The summed E-state index contributed by atoms with van der Waals surface area (Å²) in [7, 11) is 0. The van der Waals surface area contributed by atoms with E-state index in [9.17, 15) is 4.79 Å². The minimum Gasteiger partial charge on any atom is -0.378 e. The highest BCUT2D eigenvalue weighted by Gasteiger charge is 2.63. The lowest BCUT2D eigenvalue weighted by Gasteiger charge is -2.59. The molecule has 3 rings (SSSR count). The van der Waals surface area contributed by atoms with Crippen LogP contribution in [-0.4, -0.2) is 55.2 Å². The van der Waals surface area contributed by atoms with Crippen LogP contribution in [0, 0.1) is 12.3 Å². The van der Waals surface area contributed by atoms with Gasteiger partial charge in [0.05, 0.1) is 6.10 Å². The molecule has 2 fully saturated rings. The Hall–Kier alpha value is -1.01. The van der Waals surface area contributed by atoms with Crippen molar-refractivity contribution in [3.63, 3.8) is 0 Å². The molecule has 2 N–H and O–H groups in total. The van der Waals surface area contributed by atoms with E-state index in [0.717, 1.165) is 26.2 Å². The second kappa shape index (κ2) is 8.99. The fourth-order valence-corrected chi connectivity index (χ4v) is 4.15. The Balaban J connectivity index is 0.00000182. The van der Waals surface area contributed by atoms with Crippen LogP contribution in [-0.2, 0) is 9.53 Å². The fraction of sp³-hybridized carbons (Fsp3) is 0.650. The van der Waals surface area contributed by atoms with Gasteiger partial charge in [0.1, 0.15) is 5.54 Å². The number of halogens is 2. The van der Waals surface area contributed by atoms with E-state index in [1.807, 2.05) is 11.8 Å². The van der Waals surface area contributed by atoms with E-state index < -0.39 is 5.54 Å². The fourth-order valence-electron chi connectivity index (χ4n) is 4.15. The molecule has 1 aliphatic heterocycles. The molecule has 0 spiro atoms.